The summed E-state index contributed by atoms with van der Waals surface area (Å²) < 4.78 is 6.58. The summed E-state index contributed by atoms with van der Waals surface area (Å²) >= 11 is 5.92. The Hall–Kier alpha value is -2.81. The SMILES string of the molecule is O=C(CCn1cnnn1)NCc1nc(-c2cccc(Cl)c2)no1. The third-order valence-corrected chi connectivity index (χ3v) is 3.18. The second kappa shape index (κ2) is 6.97. The Morgan fingerprint density at radius 1 is 1.39 bits per heavy atom. The summed E-state index contributed by atoms with van der Waals surface area (Å²) in [6.07, 6.45) is 1.70. The first kappa shape index (κ1) is 15.1. The van der Waals surface area contributed by atoms with E-state index in [2.05, 4.69) is 31.0 Å². The highest BCUT2D eigenvalue weighted by Crippen LogP contribution is 2.19. The number of aromatic nitrogens is 6. The van der Waals surface area contributed by atoms with E-state index in [9.17, 15) is 4.79 Å². The van der Waals surface area contributed by atoms with Crippen molar-refractivity contribution < 1.29 is 9.32 Å². The molecule has 0 fully saturated rings. The van der Waals surface area contributed by atoms with E-state index in [0.29, 0.717) is 23.3 Å². The average Bonchev–Trinajstić information content (AvgIpc) is 3.22. The van der Waals surface area contributed by atoms with E-state index < -0.39 is 0 Å². The number of nitrogens with zero attached hydrogens (tertiary/aromatic N) is 6. The van der Waals surface area contributed by atoms with Gasteiger partial charge in [-0.15, -0.1) is 5.10 Å². The summed E-state index contributed by atoms with van der Waals surface area (Å²) in [7, 11) is 0. The number of hydrogen-bond donors (Lipinski definition) is 1. The Bertz CT molecular complexity index is 787. The predicted octanol–water partition coefficient (Wildman–Crippen LogP) is 1.08. The second-order valence-electron chi connectivity index (χ2n) is 4.62. The summed E-state index contributed by atoms with van der Waals surface area (Å²) in [5, 5.41) is 17.8. The van der Waals surface area contributed by atoms with E-state index in [-0.39, 0.29) is 18.9 Å². The number of carbonyl (C=O) groups is 1. The number of nitrogens with one attached hydrogen (secondary N) is 1. The molecule has 0 unspecified atom stereocenters. The van der Waals surface area contributed by atoms with Crippen LogP contribution in [0.2, 0.25) is 5.02 Å². The minimum absolute atomic E-state index is 0.155. The van der Waals surface area contributed by atoms with Crippen LogP contribution in [0.4, 0.5) is 0 Å². The van der Waals surface area contributed by atoms with Gasteiger partial charge in [-0.25, -0.2) is 4.68 Å². The fourth-order valence-electron chi connectivity index (χ4n) is 1.83. The topological polar surface area (TPSA) is 112 Å². The molecule has 3 aromatic rings. The molecule has 0 aliphatic carbocycles. The molecule has 0 saturated heterocycles. The number of halogens is 1. The van der Waals surface area contributed by atoms with Gasteiger partial charge in [0.25, 0.3) is 0 Å². The molecule has 0 radical (unpaired) electrons. The van der Waals surface area contributed by atoms with Crippen molar-refractivity contribution >= 4 is 17.5 Å². The van der Waals surface area contributed by atoms with Gasteiger partial charge in [-0.1, -0.05) is 28.9 Å². The van der Waals surface area contributed by atoms with Gasteiger partial charge in [0.1, 0.15) is 6.33 Å². The van der Waals surface area contributed by atoms with Crippen molar-refractivity contribution in [1.29, 1.82) is 0 Å². The third kappa shape index (κ3) is 4.10. The van der Waals surface area contributed by atoms with Crippen molar-refractivity contribution in [3.8, 4) is 11.4 Å². The molecule has 1 aromatic carbocycles. The first-order valence-corrected chi connectivity index (χ1v) is 7.14. The van der Waals surface area contributed by atoms with Crippen molar-refractivity contribution in [3.63, 3.8) is 0 Å². The lowest BCUT2D eigenvalue weighted by atomic mass is 10.2. The maximum atomic E-state index is 11.7. The predicted molar refractivity (Wildman–Crippen MR) is 79.0 cm³/mol. The first-order chi connectivity index (χ1) is 11.2. The molecule has 0 spiro atoms. The quantitative estimate of drug-likeness (QED) is 0.718. The Kier molecular flexibility index (Phi) is 4.57. The third-order valence-electron chi connectivity index (χ3n) is 2.95. The molecule has 3 rings (SSSR count). The molecule has 1 amide bonds. The zero-order valence-electron chi connectivity index (χ0n) is 11.9. The average molecular weight is 334 g/mol. The van der Waals surface area contributed by atoms with Gasteiger partial charge < -0.3 is 9.84 Å². The van der Waals surface area contributed by atoms with Gasteiger partial charge in [0, 0.05) is 17.0 Å². The van der Waals surface area contributed by atoms with Crippen LogP contribution in [0.1, 0.15) is 12.3 Å². The molecular formula is C13H12ClN7O2. The lowest BCUT2D eigenvalue weighted by Gasteiger charge is -2.01. The van der Waals surface area contributed by atoms with Crippen molar-refractivity contribution in [1.82, 2.24) is 35.7 Å². The van der Waals surface area contributed by atoms with E-state index in [0.717, 1.165) is 5.56 Å². The number of aryl methyl sites for hydroxylation is 1. The van der Waals surface area contributed by atoms with Gasteiger partial charge in [-0.2, -0.15) is 4.98 Å². The molecule has 0 aliphatic rings. The van der Waals surface area contributed by atoms with Crippen LogP contribution in [0.15, 0.2) is 35.1 Å². The van der Waals surface area contributed by atoms with Crippen LogP contribution in [-0.4, -0.2) is 36.3 Å². The molecule has 0 aliphatic heterocycles. The Labute approximate surface area is 135 Å². The molecule has 9 nitrogen and oxygen atoms in total. The van der Waals surface area contributed by atoms with Crippen LogP contribution in [0, 0.1) is 0 Å². The molecule has 2 aromatic heterocycles. The van der Waals surface area contributed by atoms with E-state index in [1.54, 1.807) is 18.2 Å². The first-order valence-electron chi connectivity index (χ1n) is 6.77. The van der Waals surface area contributed by atoms with Crippen LogP contribution < -0.4 is 5.32 Å². The molecule has 2 heterocycles. The lowest BCUT2D eigenvalue weighted by Crippen LogP contribution is -2.24. The molecule has 0 saturated carbocycles. The molecule has 118 valence electrons. The largest absolute Gasteiger partial charge is 0.347 e. The minimum atomic E-state index is -0.164. The number of hydrogen-bond acceptors (Lipinski definition) is 7. The van der Waals surface area contributed by atoms with Crippen LogP contribution in [0.3, 0.4) is 0 Å². The van der Waals surface area contributed by atoms with E-state index >= 15 is 0 Å². The van der Waals surface area contributed by atoms with E-state index in [1.165, 1.54) is 11.0 Å². The molecular weight excluding hydrogens is 322 g/mol. The second-order valence-corrected chi connectivity index (χ2v) is 5.06. The number of carbonyl (C=O) groups excluding carboxylic acids is 1. The highest BCUT2D eigenvalue weighted by molar-refractivity contribution is 6.30. The maximum absolute atomic E-state index is 11.7. The fourth-order valence-corrected chi connectivity index (χ4v) is 2.02. The highest BCUT2D eigenvalue weighted by Gasteiger charge is 2.10. The monoisotopic (exact) mass is 333 g/mol. The summed E-state index contributed by atoms with van der Waals surface area (Å²) in [5.41, 5.74) is 0.748. The maximum Gasteiger partial charge on any atom is 0.246 e. The summed E-state index contributed by atoms with van der Waals surface area (Å²) in [6.45, 7) is 0.554. The van der Waals surface area contributed by atoms with Crippen molar-refractivity contribution in [3.05, 3.63) is 41.5 Å². The molecule has 0 atom stereocenters. The fraction of sp³-hybridized carbons (Fsp3) is 0.231. The number of benzene rings is 1. The standard InChI is InChI=1S/C13H12ClN7O2/c14-10-3-1-2-9(6-10)13-17-12(23-18-13)7-15-11(22)4-5-21-8-16-19-20-21/h1-3,6,8H,4-5,7H2,(H,15,22). The number of amides is 1. The number of tetrazole rings is 1. The van der Waals surface area contributed by atoms with Gasteiger partial charge >= 0.3 is 0 Å². The van der Waals surface area contributed by atoms with Gasteiger partial charge in [0.05, 0.1) is 13.1 Å². The van der Waals surface area contributed by atoms with Gasteiger partial charge in [-0.3, -0.25) is 4.79 Å². The molecule has 23 heavy (non-hydrogen) atoms. The van der Waals surface area contributed by atoms with Crippen molar-refractivity contribution in [2.24, 2.45) is 0 Å². The van der Waals surface area contributed by atoms with Gasteiger partial charge in [0.15, 0.2) is 0 Å². The van der Waals surface area contributed by atoms with E-state index in [4.69, 9.17) is 16.1 Å². The zero-order chi connectivity index (χ0) is 16.1. The Balaban J connectivity index is 1.52. The van der Waals surface area contributed by atoms with Gasteiger partial charge in [-0.05, 0) is 22.6 Å². The normalized spacial score (nSPS) is 10.7. The van der Waals surface area contributed by atoms with Crippen molar-refractivity contribution in [2.75, 3.05) is 0 Å². The number of rotatable bonds is 6. The molecule has 10 heteroatoms. The molecule has 1 N–H and O–H groups in total. The summed E-state index contributed by atoms with van der Waals surface area (Å²) in [6, 6.07) is 7.12. The summed E-state index contributed by atoms with van der Waals surface area (Å²) in [4.78, 5) is 15.9. The summed E-state index contributed by atoms with van der Waals surface area (Å²) in [5.74, 6) is 0.573. The highest BCUT2D eigenvalue weighted by atomic mass is 35.5. The van der Waals surface area contributed by atoms with Crippen LogP contribution in [-0.2, 0) is 17.9 Å². The zero-order valence-corrected chi connectivity index (χ0v) is 12.6. The Morgan fingerprint density at radius 2 is 2.30 bits per heavy atom. The van der Waals surface area contributed by atoms with E-state index in [1.807, 2.05) is 6.07 Å². The van der Waals surface area contributed by atoms with Gasteiger partial charge in [0.2, 0.25) is 17.6 Å². The van der Waals surface area contributed by atoms with Crippen LogP contribution in [0.5, 0.6) is 0 Å². The minimum Gasteiger partial charge on any atom is -0.347 e. The smallest absolute Gasteiger partial charge is 0.246 e. The Morgan fingerprint density at radius 3 is 3.09 bits per heavy atom. The lowest BCUT2D eigenvalue weighted by molar-refractivity contribution is -0.121. The van der Waals surface area contributed by atoms with Crippen LogP contribution in [0.25, 0.3) is 11.4 Å². The molecule has 0 bridgehead atoms. The van der Waals surface area contributed by atoms with Crippen LogP contribution >= 0.6 is 11.6 Å². The van der Waals surface area contributed by atoms with Crippen molar-refractivity contribution in [2.45, 2.75) is 19.5 Å².